The number of thiocarbonyl (C=S) groups is 1. The number of benzene rings is 1. The summed E-state index contributed by atoms with van der Waals surface area (Å²) in [6, 6.07) is 9.95. The minimum absolute atomic E-state index is 0.0713. The molecule has 0 aliphatic carbocycles. The fourth-order valence-corrected chi connectivity index (χ4v) is 3.23. The Hall–Kier alpha value is -0.710. The van der Waals surface area contributed by atoms with Crippen LogP contribution in [0.15, 0.2) is 30.3 Å². The van der Waals surface area contributed by atoms with Crippen molar-refractivity contribution in [1.82, 2.24) is 5.32 Å². The molecule has 5 N–H and O–H groups in total. The van der Waals surface area contributed by atoms with Crippen molar-refractivity contribution in [3.05, 3.63) is 35.9 Å². The predicted octanol–water partition coefficient (Wildman–Crippen LogP) is 2.21. The molecule has 0 amide bonds. The molecule has 1 aromatic rings. The molecule has 1 aromatic carbocycles. The van der Waals surface area contributed by atoms with E-state index >= 15 is 0 Å². The minimum Gasteiger partial charge on any atom is -0.372 e. The highest BCUT2D eigenvalue weighted by atomic mass is 32.1. The van der Waals surface area contributed by atoms with Crippen LogP contribution in [-0.2, 0) is 6.42 Å². The van der Waals surface area contributed by atoms with Gasteiger partial charge in [-0.05, 0) is 24.8 Å². The van der Waals surface area contributed by atoms with Crippen molar-refractivity contribution in [2.45, 2.75) is 32.6 Å². The first-order chi connectivity index (χ1) is 9.48. The van der Waals surface area contributed by atoms with Crippen LogP contribution in [0.2, 0.25) is 0 Å². The molecule has 0 aromatic heterocycles. The normalized spacial score (nSPS) is 11.2. The van der Waals surface area contributed by atoms with Gasteiger partial charge in [-0.1, -0.05) is 55.9 Å². The summed E-state index contributed by atoms with van der Waals surface area (Å²) in [4.78, 5) is 20.2. The van der Waals surface area contributed by atoms with Crippen molar-refractivity contribution in [3.63, 3.8) is 0 Å². The lowest BCUT2D eigenvalue weighted by Crippen LogP contribution is -2.28. The molecule has 0 saturated heterocycles. The number of unbranched alkanes of at least 4 members (excludes halogenated alkanes) is 1. The third-order valence-electron chi connectivity index (χ3n) is 3.00. The van der Waals surface area contributed by atoms with E-state index in [-0.39, 0.29) is 10.1 Å². The van der Waals surface area contributed by atoms with Crippen molar-refractivity contribution < 1.29 is 9.79 Å². The van der Waals surface area contributed by atoms with Crippen LogP contribution in [-0.4, -0.2) is 26.5 Å². The van der Waals surface area contributed by atoms with Gasteiger partial charge in [0.25, 0.3) is 0 Å². The quantitative estimate of drug-likeness (QED) is 0.458. The van der Waals surface area contributed by atoms with E-state index in [0.29, 0.717) is 13.0 Å². The molecule has 0 unspecified atom stereocenters. The second-order valence-electron chi connectivity index (χ2n) is 4.66. The van der Waals surface area contributed by atoms with Crippen molar-refractivity contribution in [1.29, 1.82) is 0 Å². The summed E-state index contributed by atoms with van der Waals surface area (Å²) in [5, 5.41) is 2.91. The Morgan fingerprint density at radius 1 is 1.30 bits per heavy atom. The summed E-state index contributed by atoms with van der Waals surface area (Å²) < 4.78 is 0.0713. The molecule has 0 aliphatic heterocycles. The molecule has 112 valence electrons. The number of rotatable bonds is 7. The fraction of sp³-hybridized carbons (Fsp3) is 0.429. The standard InChI is InChI=1S/C14H23N2O2PS/c1-2-3-9-13(15)19(17,18)14(20)16-11-10-12-7-5-4-6-8-12/h4-8,17-18H,2-3,9-11,15H2,1H3,(H,16,20). The van der Waals surface area contributed by atoms with Crippen LogP contribution < -0.4 is 11.1 Å². The largest absolute Gasteiger partial charge is 0.372 e. The van der Waals surface area contributed by atoms with E-state index in [4.69, 9.17) is 18.0 Å². The Balaban J connectivity index is 2.53. The van der Waals surface area contributed by atoms with Gasteiger partial charge in [-0.2, -0.15) is 0 Å². The van der Waals surface area contributed by atoms with Gasteiger partial charge < -0.3 is 20.8 Å². The molecule has 0 atom stereocenters. The number of hydrogen-bond acceptors (Lipinski definition) is 3. The highest BCUT2D eigenvalue weighted by Crippen LogP contribution is 2.40. The molecule has 20 heavy (non-hydrogen) atoms. The monoisotopic (exact) mass is 314 g/mol. The molecule has 0 aliphatic rings. The smallest absolute Gasteiger partial charge is 0.189 e. The Labute approximate surface area is 126 Å². The van der Waals surface area contributed by atoms with E-state index in [2.05, 4.69) is 5.32 Å². The second-order valence-corrected chi connectivity index (χ2v) is 7.60. The first-order valence-electron chi connectivity index (χ1n) is 6.77. The average molecular weight is 314 g/mol. The maximum atomic E-state index is 10.1. The van der Waals surface area contributed by atoms with Crippen molar-refractivity contribution in [2.24, 2.45) is 5.73 Å². The molecule has 0 saturated carbocycles. The molecule has 0 bridgehead atoms. The molecule has 0 spiro atoms. The van der Waals surface area contributed by atoms with Crippen LogP contribution in [0.1, 0.15) is 31.7 Å². The summed E-state index contributed by atoms with van der Waals surface area (Å²) in [5.41, 5.74) is 7.14. The maximum Gasteiger partial charge on any atom is 0.189 e. The van der Waals surface area contributed by atoms with Crippen LogP contribution in [0.25, 0.3) is 0 Å². The fourth-order valence-electron chi connectivity index (χ4n) is 1.71. The number of nitrogens with one attached hydrogen (secondary N) is 1. The zero-order valence-electron chi connectivity index (χ0n) is 11.7. The van der Waals surface area contributed by atoms with Crippen LogP contribution in [0.3, 0.4) is 0 Å². The van der Waals surface area contributed by atoms with Crippen LogP contribution in [0.4, 0.5) is 0 Å². The van der Waals surface area contributed by atoms with Crippen LogP contribution in [0.5, 0.6) is 0 Å². The van der Waals surface area contributed by atoms with Crippen molar-refractivity contribution in [2.75, 3.05) is 6.54 Å². The first kappa shape index (κ1) is 17.3. The maximum absolute atomic E-state index is 10.1. The molecular weight excluding hydrogens is 291 g/mol. The van der Waals surface area contributed by atoms with Crippen molar-refractivity contribution >= 4 is 29.7 Å². The molecule has 1 rings (SSSR count). The first-order valence-corrected chi connectivity index (χ1v) is 8.87. The van der Waals surface area contributed by atoms with Crippen LogP contribution in [0, 0.1) is 0 Å². The second kappa shape index (κ2) is 8.55. The Kier molecular flexibility index (Phi) is 7.41. The van der Waals surface area contributed by atoms with E-state index in [0.717, 1.165) is 19.3 Å². The van der Waals surface area contributed by atoms with Gasteiger partial charge in [0.1, 0.15) is 0 Å². The van der Waals surface area contributed by atoms with Gasteiger partial charge in [-0.3, -0.25) is 0 Å². The van der Waals surface area contributed by atoms with Gasteiger partial charge >= 0.3 is 0 Å². The SMILES string of the molecule is CCCCC(N)=P(O)(O)C(=S)NCCc1ccccc1. The van der Waals surface area contributed by atoms with Crippen molar-refractivity contribution in [3.8, 4) is 0 Å². The average Bonchev–Trinajstić information content (AvgIpc) is 2.45. The zero-order chi connectivity index (χ0) is 15.0. The molecule has 0 heterocycles. The van der Waals surface area contributed by atoms with Gasteiger partial charge in [0.05, 0.1) is 0 Å². The Morgan fingerprint density at radius 2 is 1.95 bits per heavy atom. The highest BCUT2D eigenvalue weighted by Gasteiger charge is 2.20. The molecule has 0 radical (unpaired) electrons. The van der Waals surface area contributed by atoms with E-state index in [9.17, 15) is 9.79 Å². The van der Waals surface area contributed by atoms with Crippen LogP contribution >= 0.6 is 19.6 Å². The van der Waals surface area contributed by atoms with Gasteiger partial charge in [-0.25, -0.2) is 0 Å². The van der Waals surface area contributed by atoms with Gasteiger partial charge in [0.2, 0.25) is 0 Å². The molecule has 6 heteroatoms. The third-order valence-corrected chi connectivity index (χ3v) is 5.66. The number of hydrogen-bond donors (Lipinski definition) is 4. The topological polar surface area (TPSA) is 78.5 Å². The predicted molar refractivity (Wildman–Crippen MR) is 90.8 cm³/mol. The van der Waals surface area contributed by atoms with E-state index in [1.165, 1.54) is 5.56 Å². The van der Waals surface area contributed by atoms with E-state index in [1.54, 1.807) is 0 Å². The summed E-state index contributed by atoms with van der Waals surface area (Å²) >= 11 is 5.07. The molecular formula is C14H23N2O2PS. The summed E-state index contributed by atoms with van der Waals surface area (Å²) in [6.07, 6.45) is 3.06. The van der Waals surface area contributed by atoms with Gasteiger partial charge in [-0.15, -0.1) is 0 Å². The lowest BCUT2D eigenvalue weighted by Gasteiger charge is -2.19. The van der Waals surface area contributed by atoms with E-state index in [1.807, 2.05) is 37.3 Å². The minimum atomic E-state index is -3.46. The lowest BCUT2D eigenvalue weighted by atomic mass is 10.2. The molecule has 0 fully saturated rings. The lowest BCUT2D eigenvalue weighted by molar-refractivity contribution is 0.491. The Bertz CT molecular complexity index is 485. The van der Waals surface area contributed by atoms with Gasteiger partial charge in [0, 0.05) is 12.0 Å². The van der Waals surface area contributed by atoms with E-state index < -0.39 is 7.34 Å². The zero-order valence-corrected chi connectivity index (χ0v) is 13.5. The summed E-state index contributed by atoms with van der Waals surface area (Å²) in [6.45, 7) is 2.59. The summed E-state index contributed by atoms with van der Waals surface area (Å²) in [5.74, 6) is 0. The third kappa shape index (κ3) is 5.35. The highest BCUT2D eigenvalue weighted by molar-refractivity contribution is 8.01. The number of nitrogens with two attached hydrogens (primary N) is 1. The Morgan fingerprint density at radius 3 is 2.55 bits per heavy atom. The summed E-state index contributed by atoms with van der Waals surface area (Å²) in [7, 11) is -3.46. The molecule has 4 nitrogen and oxygen atoms in total. The van der Waals surface area contributed by atoms with Gasteiger partial charge in [0.15, 0.2) is 12.1 Å².